The van der Waals surface area contributed by atoms with Gasteiger partial charge in [0.2, 0.25) is 0 Å². The van der Waals surface area contributed by atoms with Crippen molar-refractivity contribution < 1.29 is 4.39 Å². The first-order valence-electron chi connectivity index (χ1n) is 5.82. The van der Waals surface area contributed by atoms with Gasteiger partial charge in [-0.1, -0.05) is 12.7 Å². The molecule has 1 rings (SSSR count). The first-order valence-corrected chi connectivity index (χ1v) is 5.82. The molecule has 0 aromatic carbocycles. The molecule has 4 heteroatoms. The number of halogens is 1. The van der Waals surface area contributed by atoms with Crippen molar-refractivity contribution in [3.63, 3.8) is 0 Å². The highest BCUT2D eigenvalue weighted by Crippen LogP contribution is 2.22. The van der Waals surface area contributed by atoms with Crippen molar-refractivity contribution in [1.82, 2.24) is 9.80 Å². The SMILES string of the molecule is C=C(/C=C/CN1CC(F)CC1CC#N)N(C)C. The molecule has 0 aromatic rings. The summed E-state index contributed by atoms with van der Waals surface area (Å²) < 4.78 is 13.3. The number of allylic oxidation sites excluding steroid dienone is 1. The predicted octanol–water partition coefficient (Wildman–Crippen LogP) is 1.94. The largest absolute Gasteiger partial charge is 0.378 e. The summed E-state index contributed by atoms with van der Waals surface area (Å²) in [7, 11) is 3.86. The minimum Gasteiger partial charge on any atom is -0.378 e. The highest BCUT2D eigenvalue weighted by atomic mass is 19.1. The lowest BCUT2D eigenvalue weighted by Crippen LogP contribution is -2.29. The summed E-state index contributed by atoms with van der Waals surface area (Å²) >= 11 is 0. The van der Waals surface area contributed by atoms with Gasteiger partial charge in [-0.15, -0.1) is 0 Å². The summed E-state index contributed by atoms with van der Waals surface area (Å²) in [6.45, 7) is 5.00. The zero-order valence-corrected chi connectivity index (χ0v) is 10.6. The van der Waals surface area contributed by atoms with Crippen molar-refractivity contribution in [3.05, 3.63) is 24.4 Å². The van der Waals surface area contributed by atoms with E-state index in [4.69, 9.17) is 5.26 Å². The topological polar surface area (TPSA) is 30.3 Å². The van der Waals surface area contributed by atoms with E-state index in [1.54, 1.807) is 0 Å². The van der Waals surface area contributed by atoms with Crippen LogP contribution >= 0.6 is 0 Å². The molecule has 94 valence electrons. The Kier molecular flexibility index (Phi) is 5.17. The highest BCUT2D eigenvalue weighted by molar-refractivity contribution is 5.13. The monoisotopic (exact) mass is 237 g/mol. The van der Waals surface area contributed by atoms with Crippen molar-refractivity contribution in [2.24, 2.45) is 0 Å². The van der Waals surface area contributed by atoms with E-state index in [1.165, 1.54) is 0 Å². The van der Waals surface area contributed by atoms with Crippen LogP contribution in [-0.4, -0.2) is 49.2 Å². The molecule has 0 saturated carbocycles. The number of likely N-dealkylation sites (tertiary alicyclic amines) is 1. The summed E-state index contributed by atoms with van der Waals surface area (Å²) in [5.74, 6) is 0. The zero-order valence-electron chi connectivity index (χ0n) is 10.6. The molecule has 17 heavy (non-hydrogen) atoms. The third-order valence-corrected chi connectivity index (χ3v) is 3.03. The van der Waals surface area contributed by atoms with Crippen LogP contribution in [0.4, 0.5) is 4.39 Å². The molecule has 2 unspecified atom stereocenters. The number of hydrogen-bond acceptors (Lipinski definition) is 3. The highest BCUT2D eigenvalue weighted by Gasteiger charge is 2.30. The molecule has 1 aliphatic heterocycles. The van der Waals surface area contributed by atoms with Crippen LogP contribution in [0.5, 0.6) is 0 Å². The van der Waals surface area contributed by atoms with E-state index in [0.717, 1.165) is 5.70 Å². The first-order chi connectivity index (χ1) is 8.04. The van der Waals surface area contributed by atoms with Crippen LogP contribution in [-0.2, 0) is 0 Å². The van der Waals surface area contributed by atoms with Crippen LogP contribution in [0.1, 0.15) is 12.8 Å². The normalized spacial score (nSPS) is 25.1. The van der Waals surface area contributed by atoms with Crippen LogP contribution in [0.2, 0.25) is 0 Å². The number of nitrogens with zero attached hydrogens (tertiary/aromatic N) is 3. The Bertz CT molecular complexity index is 330. The van der Waals surface area contributed by atoms with Gasteiger partial charge >= 0.3 is 0 Å². The fourth-order valence-electron chi connectivity index (χ4n) is 1.94. The van der Waals surface area contributed by atoms with E-state index in [-0.39, 0.29) is 6.04 Å². The van der Waals surface area contributed by atoms with Crippen molar-refractivity contribution in [2.75, 3.05) is 27.2 Å². The van der Waals surface area contributed by atoms with Crippen molar-refractivity contribution >= 4 is 0 Å². The van der Waals surface area contributed by atoms with Crippen molar-refractivity contribution in [3.8, 4) is 6.07 Å². The molecule has 1 heterocycles. The Hall–Kier alpha value is -1.34. The Morgan fingerprint density at radius 3 is 2.94 bits per heavy atom. The number of alkyl halides is 1. The van der Waals surface area contributed by atoms with E-state index < -0.39 is 6.17 Å². The summed E-state index contributed by atoms with van der Waals surface area (Å²) in [6.07, 6.45) is 4.00. The lowest BCUT2D eigenvalue weighted by Gasteiger charge is -2.20. The third kappa shape index (κ3) is 4.20. The standard InChI is InChI=1S/C13H20FN3/c1-11(16(2)3)5-4-8-17-10-12(14)9-13(17)6-7-15/h4-5,12-13H,1,6,8-10H2,2-3H3/b5-4+. The van der Waals surface area contributed by atoms with E-state index >= 15 is 0 Å². The number of hydrogen-bond donors (Lipinski definition) is 0. The summed E-state index contributed by atoms with van der Waals surface area (Å²) in [4.78, 5) is 3.94. The fraction of sp³-hybridized carbons (Fsp3) is 0.615. The molecule has 0 aliphatic carbocycles. The van der Waals surface area contributed by atoms with Gasteiger partial charge in [0.1, 0.15) is 6.17 Å². The second kappa shape index (κ2) is 6.41. The smallest absolute Gasteiger partial charge is 0.114 e. The van der Waals surface area contributed by atoms with E-state index in [9.17, 15) is 4.39 Å². The maximum absolute atomic E-state index is 13.3. The molecule has 0 spiro atoms. The van der Waals surface area contributed by atoms with Gasteiger partial charge in [-0.3, -0.25) is 4.90 Å². The lowest BCUT2D eigenvalue weighted by atomic mass is 10.1. The Morgan fingerprint density at radius 2 is 2.35 bits per heavy atom. The van der Waals surface area contributed by atoms with Gasteiger partial charge in [-0.05, 0) is 12.5 Å². The molecule has 3 nitrogen and oxygen atoms in total. The van der Waals surface area contributed by atoms with Crippen molar-refractivity contribution in [1.29, 1.82) is 5.26 Å². The van der Waals surface area contributed by atoms with E-state index in [0.29, 0.717) is 25.9 Å². The second-order valence-corrected chi connectivity index (χ2v) is 4.59. The maximum Gasteiger partial charge on any atom is 0.114 e. The molecule has 1 fully saturated rings. The van der Waals surface area contributed by atoms with Gasteiger partial charge in [0.05, 0.1) is 12.5 Å². The number of nitriles is 1. The lowest BCUT2D eigenvalue weighted by molar-refractivity contribution is 0.269. The minimum absolute atomic E-state index is 0.0623. The second-order valence-electron chi connectivity index (χ2n) is 4.59. The quantitative estimate of drug-likeness (QED) is 0.685. The van der Waals surface area contributed by atoms with Gasteiger partial charge in [-0.25, -0.2) is 4.39 Å². The van der Waals surface area contributed by atoms with Crippen LogP contribution in [0.3, 0.4) is 0 Å². The molecular formula is C13H20FN3. The molecule has 1 aliphatic rings. The van der Waals surface area contributed by atoms with Gasteiger partial charge in [-0.2, -0.15) is 5.26 Å². The van der Waals surface area contributed by atoms with Crippen molar-refractivity contribution in [2.45, 2.75) is 25.1 Å². The number of rotatable bonds is 5. The van der Waals surface area contributed by atoms with E-state index in [1.807, 2.05) is 36.0 Å². The molecular weight excluding hydrogens is 217 g/mol. The van der Waals surface area contributed by atoms with Crippen LogP contribution in [0, 0.1) is 11.3 Å². The fourth-order valence-corrected chi connectivity index (χ4v) is 1.94. The molecule has 0 bridgehead atoms. The summed E-state index contributed by atoms with van der Waals surface area (Å²) in [6, 6.07) is 2.18. The van der Waals surface area contributed by atoms with Crippen LogP contribution in [0.15, 0.2) is 24.4 Å². The molecule has 0 amide bonds. The zero-order chi connectivity index (χ0) is 12.8. The first kappa shape index (κ1) is 13.7. The van der Waals surface area contributed by atoms with Gasteiger partial charge in [0.25, 0.3) is 0 Å². The summed E-state index contributed by atoms with van der Waals surface area (Å²) in [5, 5.41) is 8.68. The average molecular weight is 237 g/mol. The van der Waals surface area contributed by atoms with Gasteiger partial charge < -0.3 is 4.90 Å². The van der Waals surface area contributed by atoms with Gasteiger partial charge in [0.15, 0.2) is 0 Å². The third-order valence-electron chi connectivity index (χ3n) is 3.03. The Balaban J connectivity index is 2.45. The average Bonchev–Trinajstić information content (AvgIpc) is 2.59. The molecule has 0 aromatic heterocycles. The van der Waals surface area contributed by atoms with Gasteiger partial charge in [0, 0.05) is 38.9 Å². The number of likely N-dealkylation sites (N-methyl/N-ethyl adjacent to an activating group) is 1. The van der Waals surface area contributed by atoms with Crippen LogP contribution in [0.25, 0.3) is 0 Å². The molecule has 2 atom stereocenters. The molecule has 0 N–H and O–H groups in total. The molecule has 0 radical (unpaired) electrons. The Labute approximate surface area is 103 Å². The molecule has 1 saturated heterocycles. The minimum atomic E-state index is -0.793. The van der Waals surface area contributed by atoms with Crippen LogP contribution < -0.4 is 0 Å². The summed E-state index contributed by atoms with van der Waals surface area (Å²) in [5.41, 5.74) is 0.915. The Morgan fingerprint density at radius 1 is 1.65 bits per heavy atom. The predicted molar refractivity (Wildman–Crippen MR) is 67.1 cm³/mol. The maximum atomic E-state index is 13.3. The van der Waals surface area contributed by atoms with E-state index in [2.05, 4.69) is 12.6 Å².